The average Bonchev–Trinajstić information content (AvgIpc) is 2.50. The number of nitro benzene ring substituents is 1. The fourth-order valence-corrected chi connectivity index (χ4v) is 2.09. The van der Waals surface area contributed by atoms with Crippen molar-refractivity contribution in [3.8, 4) is 0 Å². The Hall–Kier alpha value is -2.15. The second kappa shape index (κ2) is 8.21. The van der Waals surface area contributed by atoms with Gasteiger partial charge in [-0.1, -0.05) is 19.9 Å². The summed E-state index contributed by atoms with van der Waals surface area (Å²) in [5, 5.41) is 16.6. The maximum atomic E-state index is 12.1. The van der Waals surface area contributed by atoms with E-state index >= 15 is 0 Å². The van der Waals surface area contributed by atoms with Crippen molar-refractivity contribution >= 4 is 17.3 Å². The average molecular weight is 294 g/mol. The van der Waals surface area contributed by atoms with Gasteiger partial charge in [-0.15, -0.1) is 0 Å². The Morgan fingerprint density at radius 2 is 2.00 bits per heavy atom. The summed E-state index contributed by atoms with van der Waals surface area (Å²) < 4.78 is 0. The van der Waals surface area contributed by atoms with Gasteiger partial charge >= 0.3 is 5.69 Å². The smallest absolute Gasteiger partial charge is 0.305 e. The van der Waals surface area contributed by atoms with Crippen molar-refractivity contribution in [3.63, 3.8) is 0 Å². The Morgan fingerprint density at radius 1 is 1.33 bits per heavy atom. The molecule has 0 fully saturated rings. The van der Waals surface area contributed by atoms with Gasteiger partial charge in [0.2, 0.25) is 0 Å². The Kier molecular flexibility index (Phi) is 6.61. The lowest BCUT2D eigenvalue weighted by Crippen LogP contribution is -2.35. The molecule has 0 unspecified atom stereocenters. The first-order valence-corrected chi connectivity index (χ1v) is 7.00. The normalized spacial score (nSPS) is 10.5. The standard InChI is InChI=1S/C14H22N4O3/c1-4-17(5-2)10-9-16-14(19)11-7-6-8-12(15-3)13(11)18(20)21/h6-8,15H,4-5,9-10H2,1-3H3,(H,16,19). The number of likely N-dealkylation sites (N-methyl/N-ethyl adjacent to an activating group) is 1. The Labute approximate surface area is 124 Å². The highest BCUT2D eigenvalue weighted by molar-refractivity contribution is 6.00. The number of carbonyl (C=O) groups is 1. The second-order valence-electron chi connectivity index (χ2n) is 4.49. The van der Waals surface area contributed by atoms with Crippen LogP contribution >= 0.6 is 0 Å². The van der Waals surface area contributed by atoms with Crippen LogP contribution in [0.15, 0.2) is 18.2 Å². The molecule has 1 amide bonds. The minimum Gasteiger partial charge on any atom is -0.383 e. The number of para-hydroxylation sites is 1. The van der Waals surface area contributed by atoms with Crippen LogP contribution in [0.1, 0.15) is 24.2 Å². The van der Waals surface area contributed by atoms with Crippen LogP contribution in [0.4, 0.5) is 11.4 Å². The molecule has 0 spiro atoms. The van der Waals surface area contributed by atoms with Gasteiger partial charge in [0, 0.05) is 20.1 Å². The molecule has 21 heavy (non-hydrogen) atoms. The number of anilines is 1. The van der Waals surface area contributed by atoms with Crippen LogP contribution in [0.25, 0.3) is 0 Å². The van der Waals surface area contributed by atoms with Crippen molar-refractivity contribution in [3.05, 3.63) is 33.9 Å². The van der Waals surface area contributed by atoms with Crippen molar-refractivity contribution in [2.24, 2.45) is 0 Å². The first kappa shape index (κ1) is 16.9. The number of benzene rings is 1. The van der Waals surface area contributed by atoms with E-state index in [-0.39, 0.29) is 11.3 Å². The van der Waals surface area contributed by atoms with Crippen LogP contribution in [0, 0.1) is 10.1 Å². The van der Waals surface area contributed by atoms with E-state index in [1.54, 1.807) is 19.2 Å². The molecule has 0 aliphatic heterocycles. The summed E-state index contributed by atoms with van der Waals surface area (Å²) >= 11 is 0. The molecular weight excluding hydrogens is 272 g/mol. The number of nitro groups is 1. The van der Waals surface area contributed by atoms with Gasteiger partial charge in [0.1, 0.15) is 11.3 Å². The molecule has 0 aromatic heterocycles. The van der Waals surface area contributed by atoms with Gasteiger partial charge < -0.3 is 15.5 Å². The van der Waals surface area contributed by atoms with Gasteiger partial charge in [0.15, 0.2) is 0 Å². The van der Waals surface area contributed by atoms with Crippen molar-refractivity contribution in [2.75, 3.05) is 38.5 Å². The molecule has 0 radical (unpaired) electrons. The third-order valence-electron chi connectivity index (χ3n) is 3.34. The number of rotatable bonds is 8. The SMILES string of the molecule is CCN(CC)CCNC(=O)c1cccc(NC)c1[N+](=O)[O-]. The van der Waals surface area contributed by atoms with Crippen LogP contribution < -0.4 is 10.6 Å². The van der Waals surface area contributed by atoms with Crippen LogP contribution in [0.2, 0.25) is 0 Å². The predicted octanol–water partition coefficient (Wildman–Crippen LogP) is 1.71. The molecule has 0 saturated carbocycles. The molecule has 0 aliphatic rings. The number of amides is 1. The molecule has 1 aromatic carbocycles. The lowest BCUT2D eigenvalue weighted by atomic mass is 10.1. The minimum absolute atomic E-state index is 0.0754. The summed E-state index contributed by atoms with van der Waals surface area (Å²) in [5.74, 6) is -0.425. The highest BCUT2D eigenvalue weighted by Gasteiger charge is 2.23. The highest BCUT2D eigenvalue weighted by atomic mass is 16.6. The highest BCUT2D eigenvalue weighted by Crippen LogP contribution is 2.27. The minimum atomic E-state index is -0.537. The van der Waals surface area contributed by atoms with Gasteiger partial charge in [0.25, 0.3) is 5.91 Å². The topological polar surface area (TPSA) is 87.5 Å². The van der Waals surface area contributed by atoms with Gasteiger partial charge in [-0.3, -0.25) is 14.9 Å². The van der Waals surface area contributed by atoms with Crippen molar-refractivity contribution in [1.29, 1.82) is 0 Å². The second-order valence-corrected chi connectivity index (χ2v) is 4.49. The molecule has 1 rings (SSSR count). The first-order valence-electron chi connectivity index (χ1n) is 7.00. The summed E-state index contributed by atoms with van der Waals surface area (Å²) in [7, 11) is 1.59. The van der Waals surface area contributed by atoms with Crippen molar-refractivity contribution in [1.82, 2.24) is 10.2 Å². The maximum absolute atomic E-state index is 12.1. The molecule has 0 bridgehead atoms. The van der Waals surface area contributed by atoms with E-state index < -0.39 is 10.8 Å². The molecular formula is C14H22N4O3. The largest absolute Gasteiger partial charge is 0.383 e. The van der Waals surface area contributed by atoms with Crippen molar-refractivity contribution < 1.29 is 9.72 Å². The predicted molar refractivity (Wildman–Crippen MR) is 82.8 cm³/mol. The van der Waals surface area contributed by atoms with Crippen LogP contribution in [0.3, 0.4) is 0 Å². The zero-order chi connectivity index (χ0) is 15.8. The fraction of sp³-hybridized carbons (Fsp3) is 0.500. The van der Waals surface area contributed by atoms with E-state index in [1.807, 2.05) is 13.8 Å². The summed E-state index contributed by atoms with van der Waals surface area (Å²) in [6, 6.07) is 4.66. The Morgan fingerprint density at radius 3 is 2.52 bits per heavy atom. The lowest BCUT2D eigenvalue weighted by molar-refractivity contribution is -0.384. The zero-order valence-corrected chi connectivity index (χ0v) is 12.7. The fourth-order valence-electron chi connectivity index (χ4n) is 2.09. The van der Waals surface area contributed by atoms with E-state index in [9.17, 15) is 14.9 Å². The summed E-state index contributed by atoms with van der Waals surface area (Å²) in [5.41, 5.74) is 0.211. The number of carbonyl (C=O) groups excluding carboxylic acids is 1. The monoisotopic (exact) mass is 294 g/mol. The van der Waals surface area contributed by atoms with Crippen molar-refractivity contribution in [2.45, 2.75) is 13.8 Å². The summed E-state index contributed by atoms with van der Waals surface area (Å²) in [6.45, 7) is 7.09. The molecule has 0 atom stereocenters. The van der Waals surface area contributed by atoms with Gasteiger partial charge in [0.05, 0.1) is 4.92 Å². The molecule has 1 aromatic rings. The summed E-state index contributed by atoms with van der Waals surface area (Å²) in [4.78, 5) is 24.9. The zero-order valence-electron chi connectivity index (χ0n) is 12.7. The van der Waals surface area contributed by atoms with Gasteiger partial charge in [-0.05, 0) is 25.2 Å². The van der Waals surface area contributed by atoms with Crippen LogP contribution in [0.5, 0.6) is 0 Å². The van der Waals surface area contributed by atoms with Crippen LogP contribution in [-0.4, -0.2) is 49.0 Å². The molecule has 7 heteroatoms. The van der Waals surface area contributed by atoms with Gasteiger partial charge in [-0.2, -0.15) is 0 Å². The molecule has 116 valence electrons. The van der Waals surface area contributed by atoms with Crippen LogP contribution in [-0.2, 0) is 0 Å². The molecule has 2 N–H and O–H groups in total. The molecule has 0 saturated heterocycles. The first-order chi connectivity index (χ1) is 10.0. The Bertz CT molecular complexity index is 501. The number of hydrogen-bond acceptors (Lipinski definition) is 5. The Balaban J connectivity index is 2.81. The van der Waals surface area contributed by atoms with E-state index in [1.165, 1.54) is 6.07 Å². The van der Waals surface area contributed by atoms with E-state index in [2.05, 4.69) is 15.5 Å². The quantitative estimate of drug-likeness (QED) is 0.563. The number of hydrogen-bond donors (Lipinski definition) is 2. The third-order valence-corrected chi connectivity index (χ3v) is 3.34. The number of nitrogens with one attached hydrogen (secondary N) is 2. The maximum Gasteiger partial charge on any atom is 0.305 e. The third kappa shape index (κ3) is 4.42. The molecule has 0 heterocycles. The van der Waals surface area contributed by atoms with E-state index in [0.717, 1.165) is 19.6 Å². The summed E-state index contributed by atoms with van der Waals surface area (Å²) in [6.07, 6.45) is 0. The molecule has 0 aliphatic carbocycles. The van der Waals surface area contributed by atoms with E-state index in [4.69, 9.17) is 0 Å². The van der Waals surface area contributed by atoms with E-state index in [0.29, 0.717) is 12.2 Å². The molecule has 7 nitrogen and oxygen atoms in total. The number of nitrogens with zero attached hydrogens (tertiary/aromatic N) is 2. The van der Waals surface area contributed by atoms with Gasteiger partial charge in [-0.25, -0.2) is 0 Å². The lowest BCUT2D eigenvalue weighted by Gasteiger charge is -2.18.